The number of ether oxygens (including phenoxy) is 1. The fourth-order valence-corrected chi connectivity index (χ4v) is 0.809. The molecule has 0 bridgehead atoms. The summed E-state index contributed by atoms with van der Waals surface area (Å²) in [7, 11) is 6.06. The predicted octanol–water partition coefficient (Wildman–Crippen LogP) is 0.148. The van der Waals surface area contributed by atoms with E-state index in [0.717, 1.165) is 11.0 Å². The van der Waals surface area contributed by atoms with Gasteiger partial charge in [-0.15, -0.1) is 0 Å². The number of likely N-dealkylation sites (N-methyl/N-ethyl adjacent to an activating group) is 1. The molecule has 0 fully saturated rings. The van der Waals surface area contributed by atoms with Crippen molar-refractivity contribution < 1.29 is 18.8 Å². The van der Waals surface area contributed by atoms with Gasteiger partial charge in [0.25, 0.3) is 0 Å². The molecule has 0 saturated carbocycles. The van der Waals surface area contributed by atoms with Crippen LogP contribution in [0.15, 0.2) is 0 Å². The normalized spacial score (nSPS) is 10.7. The number of rotatable bonds is 4. The molecular weight excluding hydrogens is 198 g/mol. The molecule has 15 heavy (non-hydrogen) atoms. The Balaban J connectivity index is 3.62. The minimum atomic E-state index is -0.722. The van der Waals surface area contributed by atoms with Crippen LogP contribution in [0.4, 0.5) is 9.59 Å². The Morgan fingerprint density at radius 3 is 2.33 bits per heavy atom. The quantitative estimate of drug-likeness (QED) is 0.660. The Morgan fingerprint density at radius 2 is 1.87 bits per heavy atom. The molecule has 0 aliphatic heterocycles. The van der Waals surface area contributed by atoms with Gasteiger partial charge < -0.3 is 14.5 Å². The Bertz CT molecular complexity index is 223. The molecular formula is C9H20N3O3+. The van der Waals surface area contributed by atoms with Gasteiger partial charge in [0, 0.05) is 0 Å². The van der Waals surface area contributed by atoms with Crippen molar-refractivity contribution in [3.05, 3.63) is 0 Å². The number of nitrogens with one attached hydrogen (secondary N) is 2. The summed E-state index contributed by atoms with van der Waals surface area (Å²) in [6, 6.07) is -0.526. The van der Waals surface area contributed by atoms with Gasteiger partial charge >= 0.3 is 12.1 Å². The summed E-state index contributed by atoms with van der Waals surface area (Å²) in [4.78, 5) is 21.9. The van der Waals surface area contributed by atoms with Crippen LogP contribution in [0.1, 0.15) is 6.92 Å². The average molecular weight is 218 g/mol. The van der Waals surface area contributed by atoms with Gasteiger partial charge in [-0.2, -0.15) is 0 Å². The van der Waals surface area contributed by atoms with Crippen LogP contribution in [0.3, 0.4) is 0 Å². The zero-order valence-electron chi connectivity index (χ0n) is 9.79. The lowest BCUT2D eigenvalue weighted by Crippen LogP contribution is -2.46. The highest BCUT2D eigenvalue weighted by Gasteiger charge is 2.10. The maximum atomic E-state index is 11.1. The number of carbonyl (C=O) groups is 2. The molecule has 88 valence electrons. The summed E-state index contributed by atoms with van der Waals surface area (Å²) in [5, 5.41) is 4.61. The molecule has 0 spiro atoms. The number of alkyl carbamates (subject to hydrolysis) is 1. The Kier molecular flexibility index (Phi) is 5.69. The topological polar surface area (TPSA) is 67.4 Å². The Morgan fingerprint density at radius 1 is 1.27 bits per heavy atom. The van der Waals surface area contributed by atoms with E-state index < -0.39 is 12.1 Å². The van der Waals surface area contributed by atoms with Crippen LogP contribution in [0.5, 0.6) is 0 Å². The number of carbonyl (C=O) groups excluding carboxylic acids is 2. The van der Waals surface area contributed by atoms with E-state index in [1.807, 2.05) is 26.5 Å². The van der Waals surface area contributed by atoms with Crippen LogP contribution >= 0.6 is 0 Å². The molecule has 6 nitrogen and oxygen atoms in total. The predicted molar refractivity (Wildman–Crippen MR) is 56.5 cm³/mol. The Hall–Kier alpha value is -1.30. The van der Waals surface area contributed by atoms with Gasteiger partial charge in [-0.3, -0.25) is 0 Å². The van der Waals surface area contributed by atoms with Crippen molar-refractivity contribution in [2.45, 2.75) is 6.92 Å². The molecule has 0 aliphatic carbocycles. The van der Waals surface area contributed by atoms with Crippen molar-refractivity contribution in [3.8, 4) is 0 Å². The fraction of sp³-hybridized carbons (Fsp3) is 0.778. The maximum absolute atomic E-state index is 11.1. The minimum absolute atomic E-state index is 0.248. The number of imide groups is 1. The average Bonchev–Trinajstić information content (AvgIpc) is 2.01. The summed E-state index contributed by atoms with van der Waals surface area (Å²) in [6.45, 7) is 3.22. The smallest absolute Gasteiger partial charge is 0.415 e. The van der Waals surface area contributed by atoms with Crippen molar-refractivity contribution in [2.24, 2.45) is 0 Å². The van der Waals surface area contributed by atoms with Gasteiger partial charge in [-0.25, -0.2) is 14.9 Å². The molecule has 0 aromatic carbocycles. The second-order valence-electron chi connectivity index (χ2n) is 4.12. The molecule has 0 radical (unpaired) electrons. The monoisotopic (exact) mass is 218 g/mol. The SMILES string of the molecule is CCOC(=O)NC(=O)NCC[N+](C)(C)C. The summed E-state index contributed by atoms with van der Waals surface area (Å²) < 4.78 is 5.29. The zero-order chi connectivity index (χ0) is 11.9. The van der Waals surface area contributed by atoms with Crippen LogP contribution in [0.25, 0.3) is 0 Å². The first kappa shape index (κ1) is 13.7. The molecule has 2 N–H and O–H groups in total. The first-order valence-electron chi connectivity index (χ1n) is 4.87. The molecule has 0 heterocycles. The number of nitrogens with zero attached hydrogens (tertiary/aromatic N) is 1. The molecule has 0 aromatic rings. The molecule has 3 amide bonds. The largest absolute Gasteiger partial charge is 0.450 e. The lowest BCUT2D eigenvalue weighted by molar-refractivity contribution is -0.869. The lowest BCUT2D eigenvalue weighted by Gasteiger charge is -2.23. The van der Waals surface area contributed by atoms with Crippen LogP contribution in [-0.4, -0.2) is 57.4 Å². The second-order valence-corrected chi connectivity index (χ2v) is 4.12. The van der Waals surface area contributed by atoms with Crippen LogP contribution < -0.4 is 10.6 Å². The summed E-state index contributed by atoms with van der Waals surface area (Å²) in [5.74, 6) is 0. The Labute approximate surface area is 90.2 Å². The van der Waals surface area contributed by atoms with Gasteiger partial charge in [-0.1, -0.05) is 0 Å². The highest BCUT2D eigenvalue weighted by molar-refractivity contribution is 5.90. The van der Waals surface area contributed by atoms with Crippen molar-refractivity contribution in [1.82, 2.24) is 10.6 Å². The highest BCUT2D eigenvalue weighted by atomic mass is 16.5. The first-order chi connectivity index (χ1) is 6.85. The highest BCUT2D eigenvalue weighted by Crippen LogP contribution is 1.86. The molecule has 0 aliphatic rings. The number of hydrogen-bond donors (Lipinski definition) is 2. The van der Waals surface area contributed by atoms with Crippen molar-refractivity contribution in [3.63, 3.8) is 0 Å². The van der Waals surface area contributed by atoms with Crippen LogP contribution in [0.2, 0.25) is 0 Å². The van der Waals surface area contributed by atoms with Crippen molar-refractivity contribution >= 4 is 12.1 Å². The summed E-state index contributed by atoms with van der Waals surface area (Å²) >= 11 is 0. The van der Waals surface area contributed by atoms with Crippen LogP contribution in [-0.2, 0) is 4.74 Å². The number of amides is 3. The van der Waals surface area contributed by atoms with E-state index in [-0.39, 0.29) is 6.61 Å². The van der Waals surface area contributed by atoms with Gasteiger partial charge in [0.05, 0.1) is 40.8 Å². The minimum Gasteiger partial charge on any atom is -0.450 e. The third-order valence-electron chi connectivity index (χ3n) is 1.56. The van der Waals surface area contributed by atoms with Crippen LogP contribution in [0, 0.1) is 0 Å². The third-order valence-corrected chi connectivity index (χ3v) is 1.56. The van der Waals surface area contributed by atoms with E-state index >= 15 is 0 Å². The van der Waals surface area contributed by atoms with E-state index in [4.69, 9.17) is 0 Å². The van der Waals surface area contributed by atoms with Gasteiger partial charge in [0.1, 0.15) is 0 Å². The fourth-order valence-electron chi connectivity index (χ4n) is 0.809. The standard InChI is InChI=1S/C9H19N3O3/c1-5-15-9(14)11-8(13)10-6-7-12(2,3)4/h5-7H2,1-4H3,(H-,10,11,13,14)/p+1. The van der Waals surface area contributed by atoms with E-state index in [2.05, 4.69) is 10.1 Å². The maximum Gasteiger partial charge on any atom is 0.415 e. The zero-order valence-corrected chi connectivity index (χ0v) is 9.79. The van der Waals surface area contributed by atoms with E-state index in [1.165, 1.54) is 0 Å². The van der Waals surface area contributed by atoms with Crippen molar-refractivity contribution in [1.29, 1.82) is 0 Å². The van der Waals surface area contributed by atoms with Gasteiger partial charge in [0.2, 0.25) is 0 Å². The van der Waals surface area contributed by atoms with E-state index in [1.54, 1.807) is 6.92 Å². The number of hydrogen-bond acceptors (Lipinski definition) is 3. The first-order valence-corrected chi connectivity index (χ1v) is 4.87. The molecule has 0 saturated heterocycles. The van der Waals surface area contributed by atoms with Gasteiger partial charge in [0.15, 0.2) is 0 Å². The van der Waals surface area contributed by atoms with Gasteiger partial charge in [-0.05, 0) is 6.92 Å². The number of quaternary nitrogens is 1. The molecule has 0 aromatic heterocycles. The third kappa shape index (κ3) is 9.01. The molecule has 0 rings (SSSR count). The molecule has 0 atom stereocenters. The summed E-state index contributed by atoms with van der Waals surface area (Å²) in [6.07, 6.45) is -0.722. The van der Waals surface area contributed by atoms with Crippen molar-refractivity contribution in [2.75, 3.05) is 40.8 Å². The number of urea groups is 1. The van der Waals surface area contributed by atoms with E-state index in [0.29, 0.717) is 6.54 Å². The molecule has 0 unspecified atom stereocenters. The summed E-state index contributed by atoms with van der Waals surface area (Å²) in [5.41, 5.74) is 0. The van der Waals surface area contributed by atoms with E-state index in [9.17, 15) is 9.59 Å². The second kappa shape index (κ2) is 6.23. The lowest BCUT2D eigenvalue weighted by atomic mass is 10.5. The molecule has 6 heteroatoms.